The fraction of sp³-hybridized carbons (Fsp3) is 0.0435. The van der Waals surface area contributed by atoms with Gasteiger partial charge in [-0.25, -0.2) is 0 Å². The number of amides is 1. The number of ketones is 1. The number of carbonyl (C=O) groups excluding carboxylic acids is 2. The zero-order valence-corrected chi connectivity index (χ0v) is 14.5. The van der Waals surface area contributed by atoms with Crippen molar-refractivity contribution in [2.24, 2.45) is 0 Å². The molecule has 3 nitrogen and oxygen atoms in total. The van der Waals surface area contributed by atoms with Crippen molar-refractivity contribution in [2.75, 3.05) is 5.32 Å². The topological polar surface area (TPSA) is 46.2 Å². The van der Waals surface area contributed by atoms with Crippen molar-refractivity contribution in [1.82, 2.24) is 0 Å². The van der Waals surface area contributed by atoms with Crippen LogP contribution in [-0.2, 0) is 4.79 Å². The van der Waals surface area contributed by atoms with E-state index in [9.17, 15) is 9.59 Å². The molecule has 0 aromatic heterocycles. The normalized spacial score (nSPS) is 10.7. The minimum Gasteiger partial charge on any atom is -0.322 e. The van der Waals surface area contributed by atoms with Crippen LogP contribution in [0.2, 0.25) is 0 Å². The van der Waals surface area contributed by atoms with Crippen LogP contribution in [0.3, 0.4) is 0 Å². The molecule has 0 saturated heterocycles. The predicted molar refractivity (Wildman–Crippen MR) is 105 cm³/mol. The Balaban J connectivity index is 1.83. The van der Waals surface area contributed by atoms with E-state index < -0.39 is 0 Å². The summed E-state index contributed by atoms with van der Waals surface area (Å²) in [5.74, 6) is -0.392. The molecule has 26 heavy (non-hydrogen) atoms. The maximum Gasteiger partial charge on any atom is 0.248 e. The van der Waals surface area contributed by atoms with Crippen LogP contribution in [0.5, 0.6) is 0 Å². The molecule has 3 aromatic rings. The molecule has 0 radical (unpaired) electrons. The zero-order valence-electron chi connectivity index (χ0n) is 14.5. The van der Waals surface area contributed by atoms with Gasteiger partial charge in [-0.3, -0.25) is 9.59 Å². The van der Waals surface area contributed by atoms with Gasteiger partial charge in [-0.1, -0.05) is 72.3 Å². The first-order chi connectivity index (χ1) is 12.6. The Hall–Kier alpha value is -3.46. The summed E-state index contributed by atoms with van der Waals surface area (Å²) in [5.41, 5.74) is 3.48. The average Bonchev–Trinajstić information content (AvgIpc) is 2.69. The molecule has 0 unspecified atom stereocenters. The van der Waals surface area contributed by atoms with Gasteiger partial charge in [-0.05, 0) is 30.7 Å². The fourth-order valence-corrected chi connectivity index (χ4v) is 2.61. The molecule has 0 atom stereocenters. The maximum absolute atomic E-state index is 12.8. The first-order valence-electron chi connectivity index (χ1n) is 8.38. The Kier molecular flexibility index (Phi) is 5.40. The van der Waals surface area contributed by atoms with Crippen LogP contribution < -0.4 is 5.32 Å². The van der Waals surface area contributed by atoms with E-state index in [0.717, 1.165) is 11.1 Å². The lowest BCUT2D eigenvalue weighted by atomic mass is 9.99. The molecule has 1 amide bonds. The number of hydrogen-bond donors (Lipinski definition) is 1. The molecule has 0 aliphatic rings. The quantitative estimate of drug-likeness (QED) is 0.531. The SMILES string of the molecule is Cc1ccc(NC(=O)/C=C\c2ccccc2)c(C(=O)c2ccccc2)c1. The molecule has 3 aromatic carbocycles. The molecular formula is C23H19NO2. The minimum absolute atomic E-state index is 0.114. The van der Waals surface area contributed by atoms with Crippen LogP contribution in [0.25, 0.3) is 6.08 Å². The highest BCUT2D eigenvalue weighted by atomic mass is 16.1. The van der Waals surface area contributed by atoms with Gasteiger partial charge < -0.3 is 5.32 Å². The molecule has 0 bridgehead atoms. The molecule has 0 aliphatic heterocycles. The lowest BCUT2D eigenvalue weighted by Crippen LogP contribution is -2.13. The molecule has 3 heteroatoms. The van der Waals surface area contributed by atoms with E-state index in [1.807, 2.05) is 61.5 Å². The van der Waals surface area contributed by atoms with Crippen molar-refractivity contribution in [1.29, 1.82) is 0 Å². The van der Waals surface area contributed by atoms with E-state index in [2.05, 4.69) is 5.32 Å². The summed E-state index contributed by atoms with van der Waals surface area (Å²) in [6, 6.07) is 24.1. The van der Waals surface area contributed by atoms with Gasteiger partial charge in [0.25, 0.3) is 0 Å². The van der Waals surface area contributed by atoms with Crippen molar-refractivity contribution in [2.45, 2.75) is 6.92 Å². The number of hydrogen-bond acceptors (Lipinski definition) is 2. The lowest BCUT2D eigenvalue weighted by Gasteiger charge is -2.10. The van der Waals surface area contributed by atoms with Crippen molar-refractivity contribution < 1.29 is 9.59 Å². The number of carbonyl (C=O) groups is 2. The van der Waals surface area contributed by atoms with Crippen LogP contribution in [0.1, 0.15) is 27.0 Å². The highest BCUT2D eigenvalue weighted by Gasteiger charge is 2.14. The Morgan fingerprint density at radius 1 is 0.846 bits per heavy atom. The molecular weight excluding hydrogens is 322 g/mol. The Morgan fingerprint density at radius 3 is 2.19 bits per heavy atom. The van der Waals surface area contributed by atoms with Crippen LogP contribution in [0, 0.1) is 6.92 Å². The zero-order chi connectivity index (χ0) is 18.4. The molecule has 1 N–H and O–H groups in total. The number of nitrogens with one attached hydrogen (secondary N) is 1. The van der Waals surface area contributed by atoms with Gasteiger partial charge in [0.15, 0.2) is 5.78 Å². The van der Waals surface area contributed by atoms with Crippen LogP contribution in [-0.4, -0.2) is 11.7 Å². The molecule has 0 fully saturated rings. The van der Waals surface area contributed by atoms with Crippen molar-refractivity contribution in [3.8, 4) is 0 Å². The Labute approximate surface area is 153 Å². The van der Waals surface area contributed by atoms with Gasteiger partial charge in [-0.2, -0.15) is 0 Å². The van der Waals surface area contributed by atoms with Gasteiger partial charge in [0.2, 0.25) is 5.91 Å². The Morgan fingerprint density at radius 2 is 1.50 bits per heavy atom. The molecule has 0 spiro atoms. The van der Waals surface area contributed by atoms with Crippen LogP contribution >= 0.6 is 0 Å². The number of anilines is 1. The summed E-state index contributed by atoms with van der Waals surface area (Å²) in [5, 5.41) is 2.81. The highest BCUT2D eigenvalue weighted by molar-refractivity contribution is 6.15. The van der Waals surface area contributed by atoms with E-state index in [0.29, 0.717) is 16.8 Å². The molecule has 3 rings (SSSR count). The lowest BCUT2D eigenvalue weighted by molar-refractivity contribution is -0.111. The summed E-state index contributed by atoms with van der Waals surface area (Å²) in [6.07, 6.45) is 3.20. The number of rotatable bonds is 5. The van der Waals surface area contributed by atoms with Crippen LogP contribution in [0.15, 0.2) is 84.9 Å². The van der Waals surface area contributed by atoms with E-state index in [1.165, 1.54) is 6.08 Å². The minimum atomic E-state index is -0.278. The van der Waals surface area contributed by atoms with E-state index in [-0.39, 0.29) is 11.7 Å². The largest absolute Gasteiger partial charge is 0.322 e. The van der Waals surface area contributed by atoms with E-state index in [1.54, 1.807) is 30.3 Å². The van der Waals surface area contributed by atoms with Crippen LogP contribution in [0.4, 0.5) is 5.69 Å². The third-order valence-electron chi connectivity index (χ3n) is 3.94. The van der Waals surface area contributed by atoms with E-state index in [4.69, 9.17) is 0 Å². The van der Waals surface area contributed by atoms with Gasteiger partial charge in [0.1, 0.15) is 0 Å². The molecule has 0 aliphatic carbocycles. The second-order valence-electron chi connectivity index (χ2n) is 5.98. The van der Waals surface area contributed by atoms with Crippen molar-refractivity contribution in [3.63, 3.8) is 0 Å². The van der Waals surface area contributed by atoms with Crippen molar-refractivity contribution >= 4 is 23.5 Å². The smallest absolute Gasteiger partial charge is 0.248 e. The summed E-state index contributed by atoms with van der Waals surface area (Å²) in [7, 11) is 0. The first kappa shape index (κ1) is 17.4. The fourth-order valence-electron chi connectivity index (χ4n) is 2.61. The molecule has 0 heterocycles. The van der Waals surface area contributed by atoms with Gasteiger partial charge >= 0.3 is 0 Å². The van der Waals surface area contributed by atoms with Gasteiger partial charge in [-0.15, -0.1) is 0 Å². The second-order valence-corrected chi connectivity index (χ2v) is 5.98. The molecule has 128 valence electrons. The maximum atomic E-state index is 12.8. The molecule has 0 saturated carbocycles. The number of aryl methyl sites for hydroxylation is 1. The van der Waals surface area contributed by atoms with Crippen molar-refractivity contribution in [3.05, 3.63) is 107 Å². The summed E-state index contributed by atoms with van der Waals surface area (Å²) in [6.45, 7) is 1.92. The average molecular weight is 341 g/mol. The summed E-state index contributed by atoms with van der Waals surface area (Å²) < 4.78 is 0. The third kappa shape index (κ3) is 4.33. The summed E-state index contributed by atoms with van der Waals surface area (Å²) in [4.78, 5) is 25.1. The van der Waals surface area contributed by atoms with Gasteiger partial charge in [0.05, 0.1) is 5.69 Å². The standard InChI is InChI=1S/C23H19NO2/c1-17-12-14-21(20(16-17)23(26)19-10-6-3-7-11-19)24-22(25)15-13-18-8-4-2-5-9-18/h2-16H,1H3,(H,24,25)/b15-13-. The summed E-state index contributed by atoms with van der Waals surface area (Å²) >= 11 is 0. The predicted octanol–water partition coefficient (Wildman–Crippen LogP) is 4.88. The highest BCUT2D eigenvalue weighted by Crippen LogP contribution is 2.21. The Bertz CT molecular complexity index is 944. The van der Waals surface area contributed by atoms with E-state index >= 15 is 0 Å². The third-order valence-corrected chi connectivity index (χ3v) is 3.94. The first-order valence-corrected chi connectivity index (χ1v) is 8.38. The second kappa shape index (κ2) is 8.08. The monoisotopic (exact) mass is 341 g/mol. The number of benzene rings is 3. The van der Waals surface area contributed by atoms with Gasteiger partial charge in [0, 0.05) is 17.2 Å².